The highest BCUT2D eigenvalue weighted by Crippen LogP contribution is 1.97. The first-order valence-electron chi connectivity index (χ1n) is 4.91. The lowest BCUT2D eigenvalue weighted by molar-refractivity contribution is -0.143. The van der Waals surface area contributed by atoms with E-state index in [-0.39, 0.29) is 6.42 Å². The minimum atomic E-state index is -1.34. The molecule has 1 amide bonds. The number of nitrogens with two attached hydrogens (primary N) is 1. The average Bonchev–Trinajstić information content (AvgIpc) is 2.77. The molecule has 0 aromatic carbocycles. The third kappa shape index (κ3) is 3.85. The first-order chi connectivity index (χ1) is 8.04. The predicted molar refractivity (Wildman–Crippen MR) is 56.9 cm³/mol. The Hall–Kier alpha value is -1.93. The normalized spacial score (nSPS) is 14.0. The summed E-state index contributed by atoms with van der Waals surface area (Å²) in [5.74, 6) is -1.95. The summed E-state index contributed by atoms with van der Waals surface area (Å²) in [6, 6.07) is -2.24. The molecule has 17 heavy (non-hydrogen) atoms. The molecule has 0 unspecified atom stereocenters. The number of carbonyl (C=O) groups is 2. The third-order valence-electron chi connectivity index (χ3n) is 2.13. The van der Waals surface area contributed by atoms with E-state index in [1.165, 1.54) is 12.5 Å². The molecule has 6 N–H and O–H groups in total. The van der Waals surface area contributed by atoms with Gasteiger partial charge < -0.3 is 26.2 Å². The van der Waals surface area contributed by atoms with Gasteiger partial charge in [-0.25, -0.2) is 9.78 Å². The van der Waals surface area contributed by atoms with Crippen LogP contribution in [0.15, 0.2) is 12.5 Å². The minimum absolute atomic E-state index is 0.212. The number of aliphatic hydroxyl groups is 1. The maximum absolute atomic E-state index is 11.5. The van der Waals surface area contributed by atoms with E-state index < -0.39 is 30.6 Å². The van der Waals surface area contributed by atoms with E-state index in [0.717, 1.165) is 0 Å². The summed E-state index contributed by atoms with van der Waals surface area (Å²) >= 11 is 0. The van der Waals surface area contributed by atoms with E-state index in [1.807, 2.05) is 0 Å². The molecule has 0 aliphatic heterocycles. The zero-order valence-electron chi connectivity index (χ0n) is 8.96. The van der Waals surface area contributed by atoms with Gasteiger partial charge in [0.15, 0.2) is 0 Å². The summed E-state index contributed by atoms with van der Waals surface area (Å²) in [5.41, 5.74) is 6.25. The van der Waals surface area contributed by atoms with Crippen molar-refractivity contribution in [3.8, 4) is 0 Å². The van der Waals surface area contributed by atoms with E-state index in [9.17, 15) is 9.59 Å². The quantitative estimate of drug-likeness (QED) is 0.385. The second kappa shape index (κ2) is 5.97. The number of carbonyl (C=O) groups excluding carboxylic acids is 1. The van der Waals surface area contributed by atoms with Gasteiger partial charge in [-0.05, 0) is 0 Å². The number of amides is 1. The van der Waals surface area contributed by atoms with E-state index in [1.54, 1.807) is 0 Å². The zero-order valence-corrected chi connectivity index (χ0v) is 8.96. The summed E-state index contributed by atoms with van der Waals surface area (Å²) < 4.78 is 0. The van der Waals surface area contributed by atoms with Crippen molar-refractivity contribution in [3.05, 3.63) is 18.2 Å². The largest absolute Gasteiger partial charge is 0.480 e. The van der Waals surface area contributed by atoms with Crippen LogP contribution in [0.2, 0.25) is 0 Å². The molecule has 1 heterocycles. The topological polar surface area (TPSA) is 141 Å². The Balaban J connectivity index is 2.49. The number of hydrogen-bond acceptors (Lipinski definition) is 5. The number of nitrogens with zero attached hydrogens (tertiary/aromatic N) is 1. The molecule has 0 bridgehead atoms. The van der Waals surface area contributed by atoms with E-state index in [2.05, 4.69) is 15.3 Å². The molecule has 8 heteroatoms. The standard InChI is InChI=1S/C9H14N4O4/c10-6(1-5-2-11-4-12-5)8(15)13-7(3-14)9(16)17/h2,4,6-7,14H,1,3,10H2,(H,11,12)(H,13,15)(H,16,17)/t6-,7+/m1/s1. The van der Waals surface area contributed by atoms with Gasteiger partial charge in [0, 0.05) is 18.3 Å². The highest BCUT2D eigenvalue weighted by Gasteiger charge is 2.22. The van der Waals surface area contributed by atoms with Crippen molar-refractivity contribution in [1.29, 1.82) is 0 Å². The number of aliphatic carboxylic acids is 1. The number of carboxylic acids is 1. The van der Waals surface area contributed by atoms with Gasteiger partial charge >= 0.3 is 5.97 Å². The number of aliphatic hydroxyl groups excluding tert-OH is 1. The van der Waals surface area contributed by atoms with Crippen molar-refractivity contribution in [2.24, 2.45) is 5.73 Å². The number of carboxylic acid groups (broad SMARTS) is 1. The highest BCUT2D eigenvalue weighted by atomic mass is 16.4. The van der Waals surface area contributed by atoms with Crippen LogP contribution in [0, 0.1) is 0 Å². The summed E-state index contributed by atoms with van der Waals surface area (Å²) in [5, 5.41) is 19.5. The molecule has 0 saturated heterocycles. The van der Waals surface area contributed by atoms with Gasteiger partial charge in [0.1, 0.15) is 6.04 Å². The summed E-state index contributed by atoms with van der Waals surface area (Å²) in [4.78, 5) is 28.6. The number of imidazole rings is 1. The fourth-order valence-electron chi connectivity index (χ4n) is 1.19. The van der Waals surface area contributed by atoms with Crippen LogP contribution < -0.4 is 11.1 Å². The Kier molecular flexibility index (Phi) is 4.61. The molecule has 0 spiro atoms. The van der Waals surface area contributed by atoms with Crippen molar-refractivity contribution in [2.75, 3.05) is 6.61 Å². The average molecular weight is 242 g/mol. The lowest BCUT2D eigenvalue weighted by atomic mass is 10.1. The molecular formula is C9H14N4O4. The lowest BCUT2D eigenvalue weighted by Crippen LogP contribution is -2.50. The fourth-order valence-corrected chi connectivity index (χ4v) is 1.19. The van der Waals surface area contributed by atoms with Crippen molar-refractivity contribution in [2.45, 2.75) is 18.5 Å². The lowest BCUT2D eigenvalue weighted by Gasteiger charge is -2.15. The number of rotatable bonds is 6. The predicted octanol–water partition coefficient (Wildman–Crippen LogP) is -2.16. The van der Waals surface area contributed by atoms with Crippen LogP contribution in [0.5, 0.6) is 0 Å². The fraction of sp³-hybridized carbons (Fsp3) is 0.444. The van der Waals surface area contributed by atoms with Crippen molar-refractivity contribution >= 4 is 11.9 Å². The van der Waals surface area contributed by atoms with Gasteiger partial charge in [-0.1, -0.05) is 0 Å². The summed E-state index contributed by atoms with van der Waals surface area (Å²) in [7, 11) is 0. The van der Waals surface area contributed by atoms with Gasteiger partial charge in [0.2, 0.25) is 5.91 Å². The van der Waals surface area contributed by atoms with E-state index in [4.69, 9.17) is 15.9 Å². The molecule has 0 saturated carbocycles. The van der Waals surface area contributed by atoms with Crippen molar-refractivity contribution in [3.63, 3.8) is 0 Å². The summed E-state index contributed by atoms with van der Waals surface area (Å²) in [6.45, 7) is -0.683. The number of H-pyrrole nitrogens is 1. The first-order valence-corrected chi connectivity index (χ1v) is 4.91. The van der Waals surface area contributed by atoms with Crippen molar-refractivity contribution in [1.82, 2.24) is 15.3 Å². The monoisotopic (exact) mass is 242 g/mol. The number of aromatic nitrogens is 2. The Labute approximate surface area is 96.9 Å². The van der Waals surface area contributed by atoms with Crippen LogP contribution in [0.4, 0.5) is 0 Å². The Morgan fingerprint density at radius 2 is 2.29 bits per heavy atom. The van der Waals surface area contributed by atoms with Gasteiger partial charge in [-0.3, -0.25) is 4.79 Å². The molecule has 1 aromatic rings. The highest BCUT2D eigenvalue weighted by molar-refractivity contribution is 5.86. The van der Waals surface area contributed by atoms with Crippen LogP contribution in [-0.2, 0) is 16.0 Å². The van der Waals surface area contributed by atoms with E-state index in [0.29, 0.717) is 5.69 Å². The second-order valence-corrected chi connectivity index (χ2v) is 3.47. The molecular weight excluding hydrogens is 228 g/mol. The van der Waals surface area contributed by atoms with Gasteiger partial charge in [0.05, 0.1) is 19.0 Å². The first kappa shape index (κ1) is 13.1. The Bertz CT molecular complexity index is 378. The third-order valence-corrected chi connectivity index (χ3v) is 2.13. The van der Waals surface area contributed by atoms with Crippen LogP contribution in [0.1, 0.15) is 5.69 Å². The molecule has 94 valence electrons. The van der Waals surface area contributed by atoms with Crippen molar-refractivity contribution < 1.29 is 19.8 Å². The molecule has 0 radical (unpaired) electrons. The number of nitrogens with one attached hydrogen (secondary N) is 2. The van der Waals surface area contributed by atoms with Crippen LogP contribution in [-0.4, -0.2) is 50.7 Å². The minimum Gasteiger partial charge on any atom is -0.480 e. The van der Waals surface area contributed by atoms with Crippen LogP contribution >= 0.6 is 0 Å². The number of hydrogen-bond donors (Lipinski definition) is 5. The van der Waals surface area contributed by atoms with Gasteiger partial charge in [-0.15, -0.1) is 0 Å². The number of aromatic amines is 1. The maximum Gasteiger partial charge on any atom is 0.328 e. The summed E-state index contributed by atoms with van der Waals surface area (Å²) in [6.07, 6.45) is 3.19. The zero-order chi connectivity index (χ0) is 12.8. The van der Waals surface area contributed by atoms with Gasteiger partial charge in [0.25, 0.3) is 0 Å². The molecule has 0 fully saturated rings. The molecule has 2 atom stereocenters. The van der Waals surface area contributed by atoms with Crippen LogP contribution in [0.25, 0.3) is 0 Å². The Morgan fingerprint density at radius 3 is 2.76 bits per heavy atom. The molecule has 8 nitrogen and oxygen atoms in total. The SMILES string of the molecule is N[C@H](Cc1cnc[nH]1)C(=O)N[C@@H](CO)C(=O)O. The van der Waals surface area contributed by atoms with Gasteiger partial charge in [-0.2, -0.15) is 0 Å². The Morgan fingerprint density at radius 1 is 1.59 bits per heavy atom. The van der Waals surface area contributed by atoms with Crippen LogP contribution in [0.3, 0.4) is 0 Å². The second-order valence-electron chi connectivity index (χ2n) is 3.47. The molecule has 0 aliphatic rings. The molecule has 1 rings (SSSR count). The molecule has 0 aliphatic carbocycles. The van der Waals surface area contributed by atoms with E-state index >= 15 is 0 Å². The smallest absolute Gasteiger partial charge is 0.328 e. The molecule has 1 aromatic heterocycles. The maximum atomic E-state index is 11.5.